The van der Waals surface area contributed by atoms with Crippen molar-refractivity contribution >= 4 is 17.7 Å². The van der Waals surface area contributed by atoms with Crippen molar-refractivity contribution in [2.45, 2.75) is 37.6 Å². The molecule has 0 heterocycles. The Bertz CT molecular complexity index is 234. The molecule has 1 fully saturated rings. The Morgan fingerprint density at radius 2 is 2.27 bits per heavy atom. The summed E-state index contributed by atoms with van der Waals surface area (Å²) in [5.74, 6) is -3.52. The summed E-state index contributed by atoms with van der Waals surface area (Å²) in [6.45, 7) is 0. The van der Waals surface area contributed by atoms with Crippen LogP contribution in [0.5, 0.6) is 0 Å². The van der Waals surface area contributed by atoms with Crippen molar-refractivity contribution in [3.63, 3.8) is 0 Å². The number of alkyl halides is 2. The lowest BCUT2D eigenvalue weighted by atomic mass is 10.0. The highest BCUT2D eigenvalue weighted by molar-refractivity contribution is 6.14. The molecule has 3 nitrogen and oxygen atoms in total. The molecule has 1 aliphatic carbocycles. The van der Waals surface area contributed by atoms with Gasteiger partial charge in [-0.15, -0.1) is 0 Å². The van der Waals surface area contributed by atoms with Crippen LogP contribution in [0.25, 0.3) is 0 Å². The highest BCUT2D eigenvalue weighted by Gasteiger charge is 2.40. The Balaban J connectivity index is 2.44. The molecule has 1 unspecified atom stereocenters. The molecule has 0 aromatic heterocycles. The van der Waals surface area contributed by atoms with Gasteiger partial charge in [-0.1, -0.05) is 0 Å². The van der Waals surface area contributed by atoms with Crippen molar-refractivity contribution in [1.29, 1.82) is 0 Å². The number of esters is 1. The molecular weight excluding hydrogens is 228 g/mol. The molecule has 88 valence electrons. The summed E-state index contributed by atoms with van der Waals surface area (Å²) in [4.78, 5) is 13.0. The molecule has 0 aliphatic heterocycles. The van der Waals surface area contributed by atoms with Crippen LogP contribution in [0, 0.1) is 5.92 Å². The third-order valence-corrected chi connectivity index (χ3v) is 2.67. The summed E-state index contributed by atoms with van der Waals surface area (Å²) in [5.41, 5.74) is 0. The number of methoxy groups -OCH3 is 1. The molecule has 6 heteroatoms. The van der Waals surface area contributed by atoms with E-state index in [2.05, 4.69) is 4.74 Å². The third-order valence-electron chi connectivity index (χ3n) is 2.40. The number of ether oxygens (including phenoxy) is 1. The number of hydrogen-bond acceptors (Lipinski definition) is 3. The van der Waals surface area contributed by atoms with Gasteiger partial charge in [-0.2, -0.15) is 0 Å². The molecule has 0 saturated heterocycles. The number of carbonyl (C=O) groups is 1. The largest absolute Gasteiger partial charge is 0.468 e. The lowest BCUT2D eigenvalue weighted by molar-refractivity contribution is -0.145. The predicted octanol–water partition coefficient (Wildman–Crippen LogP) is 2.10. The molecule has 1 saturated carbocycles. The van der Waals surface area contributed by atoms with Gasteiger partial charge < -0.3 is 4.74 Å². The molecule has 0 amide bonds. The summed E-state index contributed by atoms with van der Waals surface area (Å²) in [6.07, 6.45) is 0.929. The summed E-state index contributed by atoms with van der Waals surface area (Å²) < 4.78 is 31.0. The first-order valence-electron chi connectivity index (χ1n) is 4.80. The molecule has 0 bridgehead atoms. The van der Waals surface area contributed by atoms with E-state index in [1.165, 1.54) is 0 Å². The topological polar surface area (TPSA) is 38.3 Å². The number of halogens is 3. The minimum Gasteiger partial charge on any atom is -0.468 e. The fourth-order valence-electron chi connectivity index (χ4n) is 1.44. The summed E-state index contributed by atoms with van der Waals surface area (Å²) in [7, 11) is 1.14. The monoisotopic (exact) mass is 241 g/mol. The zero-order valence-electron chi connectivity index (χ0n) is 8.43. The van der Waals surface area contributed by atoms with Crippen molar-refractivity contribution in [3.8, 4) is 0 Å². The molecule has 0 spiro atoms. The van der Waals surface area contributed by atoms with E-state index in [9.17, 15) is 13.6 Å². The standard InChI is InChI=1S/C9H14ClF2NO2/c1-15-8(14)7(13-10)5-9(11,12)4-6-2-3-6/h6-7,13H,2-5H2,1H3. The van der Waals surface area contributed by atoms with Crippen LogP contribution in [0.4, 0.5) is 8.78 Å². The van der Waals surface area contributed by atoms with Crippen LogP contribution in [-0.4, -0.2) is 25.0 Å². The summed E-state index contributed by atoms with van der Waals surface area (Å²) in [6, 6.07) is -1.15. The van der Waals surface area contributed by atoms with Gasteiger partial charge in [-0.25, -0.2) is 13.6 Å². The molecule has 1 N–H and O–H groups in total. The van der Waals surface area contributed by atoms with E-state index in [0.717, 1.165) is 20.0 Å². The number of nitrogens with one attached hydrogen (secondary N) is 1. The van der Waals surface area contributed by atoms with Gasteiger partial charge in [0, 0.05) is 12.8 Å². The smallest absolute Gasteiger partial charge is 0.324 e. The van der Waals surface area contributed by atoms with Crippen LogP contribution in [0.2, 0.25) is 0 Å². The number of rotatable bonds is 6. The molecule has 1 atom stereocenters. The Kier molecular flexibility index (Phi) is 4.28. The number of hydrogen-bond donors (Lipinski definition) is 1. The Morgan fingerprint density at radius 3 is 2.67 bits per heavy atom. The zero-order valence-corrected chi connectivity index (χ0v) is 9.19. The van der Waals surface area contributed by atoms with Crippen molar-refractivity contribution < 1.29 is 18.3 Å². The van der Waals surface area contributed by atoms with E-state index < -0.39 is 24.4 Å². The lowest BCUT2D eigenvalue weighted by Crippen LogP contribution is -2.38. The van der Waals surface area contributed by atoms with Gasteiger partial charge in [0.1, 0.15) is 6.04 Å². The normalized spacial score (nSPS) is 18.7. The average molecular weight is 242 g/mol. The van der Waals surface area contributed by atoms with Crippen LogP contribution in [0.1, 0.15) is 25.7 Å². The first-order valence-corrected chi connectivity index (χ1v) is 5.18. The maximum atomic E-state index is 13.3. The van der Waals surface area contributed by atoms with Gasteiger partial charge >= 0.3 is 5.97 Å². The predicted molar refractivity (Wildman–Crippen MR) is 51.7 cm³/mol. The van der Waals surface area contributed by atoms with Crippen molar-refractivity contribution in [2.24, 2.45) is 5.92 Å². The minimum atomic E-state index is -2.86. The maximum Gasteiger partial charge on any atom is 0.324 e. The van der Waals surface area contributed by atoms with Gasteiger partial charge in [0.05, 0.1) is 7.11 Å². The molecule has 1 rings (SSSR count). The Morgan fingerprint density at radius 1 is 1.67 bits per heavy atom. The van der Waals surface area contributed by atoms with E-state index in [1.807, 2.05) is 4.84 Å². The summed E-state index contributed by atoms with van der Waals surface area (Å²) in [5, 5.41) is 0. The fraction of sp³-hybridized carbons (Fsp3) is 0.889. The van der Waals surface area contributed by atoms with Gasteiger partial charge in [0.2, 0.25) is 0 Å². The van der Waals surface area contributed by atoms with Crippen molar-refractivity contribution in [3.05, 3.63) is 0 Å². The van der Waals surface area contributed by atoms with Gasteiger partial charge in [0.25, 0.3) is 5.92 Å². The van der Waals surface area contributed by atoms with E-state index in [1.54, 1.807) is 0 Å². The van der Waals surface area contributed by atoms with Crippen LogP contribution >= 0.6 is 11.8 Å². The second kappa shape index (κ2) is 5.07. The fourth-order valence-corrected chi connectivity index (χ4v) is 1.60. The Hall–Kier alpha value is -0.420. The molecule has 0 aromatic carbocycles. The maximum absolute atomic E-state index is 13.3. The van der Waals surface area contributed by atoms with Crippen molar-refractivity contribution in [1.82, 2.24) is 4.84 Å². The summed E-state index contributed by atoms with van der Waals surface area (Å²) >= 11 is 5.22. The first kappa shape index (κ1) is 12.6. The second-order valence-electron chi connectivity index (χ2n) is 3.89. The minimum absolute atomic E-state index is 0.105. The highest BCUT2D eigenvalue weighted by Crippen LogP contribution is 2.40. The van der Waals surface area contributed by atoms with E-state index in [4.69, 9.17) is 11.8 Å². The van der Waals surface area contributed by atoms with Crippen LogP contribution < -0.4 is 4.84 Å². The van der Waals surface area contributed by atoms with Crippen LogP contribution in [0.15, 0.2) is 0 Å². The molecule has 0 radical (unpaired) electrons. The SMILES string of the molecule is COC(=O)C(CC(F)(F)CC1CC1)NCl. The first-order chi connectivity index (χ1) is 6.98. The highest BCUT2D eigenvalue weighted by atomic mass is 35.5. The molecular formula is C9H14ClF2NO2. The number of carbonyl (C=O) groups excluding carboxylic acids is 1. The van der Waals surface area contributed by atoms with Crippen molar-refractivity contribution in [2.75, 3.05) is 7.11 Å². The lowest BCUT2D eigenvalue weighted by Gasteiger charge is -2.20. The third kappa shape index (κ3) is 4.30. The zero-order chi connectivity index (χ0) is 11.5. The molecule has 0 aromatic rings. The van der Waals surface area contributed by atoms with E-state index in [-0.39, 0.29) is 12.3 Å². The van der Waals surface area contributed by atoms with E-state index >= 15 is 0 Å². The van der Waals surface area contributed by atoms with Crippen LogP contribution in [-0.2, 0) is 9.53 Å². The van der Waals surface area contributed by atoms with Gasteiger partial charge in [-0.05, 0) is 30.5 Å². The molecule has 15 heavy (non-hydrogen) atoms. The quantitative estimate of drug-likeness (QED) is 0.572. The second-order valence-corrected chi connectivity index (χ2v) is 4.11. The van der Waals surface area contributed by atoms with E-state index in [0.29, 0.717) is 0 Å². The molecule has 1 aliphatic rings. The van der Waals surface area contributed by atoms with Gasteiger partial charge in [-0.3, -0.25) is 4.79 Å². The average Bonchev–Trinajstić information content (AvgIpc) is 2.96. The van der Waals surface area contributed by atoms with Gasteiger partial charge in [0.15, 0.2) is 0 Å². The van der Waals surface area contributed by atoms with Crippen LogP contribution in [0.3, 0.4) is 0 Å². The Labute approximate surface area is 92.2 Å².